The zero-order chi connectivity index (χ0) is 15.6. The summed E-state index contributed by atoms with van der Waals surface area (Å²) < 4.78 is 37.7. The van der Waals surface area contributed by atoms with E-state index >= 15 is 0 Å². The van der Waals surface area contributed by atoms with Crippen molar-refractivity contribution >= 4 is 28.9 Å². The molecule has 2 aromatic rings. The molecule has 0 aliphatic rings. The Labute approximate surface area is 120 Å². The van der Waals surface area contributed by atoms with Crippen LogP contribution in [0.15, 0.2) is 35.7 Å². The van der Waals surface area contributed by atoms with Gasteiger partial charge in [0, 0.05) is 0 Å². The Hall–Kier alpha value is -2.35. The lowest BCUT2D eigenvalue weighted by Crippen LogP contribution is -2.15. The van der Waals surface area contributed by atoms with Gasteiger partial charge in [-0.15, -0.1) is 11.3 Å². The van der Waals surface area contributed by atoms with E-state index in [9.17, 15) is 22.8 Å². The maximum absolute atomic E-state index is 12.6. The lowest BCUT2D eigenvalue weighted by molar-refractivity contribution is -0.137. The number of carbonyl (C=O) groups excluding carboxylic acids is 1. The van der Waals surface area contributed by atoms with Gasteiger partial charge in [0.2, 0.25) is 0 Å². The molecule has 1 amide bonds. The Morgan fingerprint density at radius 3 is 2.43 bits per heavy atom. The second kappa shape index (κ2) is 5.57. The number of halogens is 3. The van der Waals surface area contributed by atoms with Crippen LogP contribution in [0.5, 0.6) is 0 Å². The number of nitrogens with one attached hydrogen (secondary N) is 1. The Kier molecular flexibility index (Phi) is 3.99. The molecule has 0 saturated carbocycles. The number of thiophene rings is 1. The van der Waals surface area contributed by atoms with Gasteiger partial charge in [-0.1, -0.05) is 6.07 Å². The van der Waals surface area contributed by atoms with Crippen LogP contribution in [0.25, 0.3) is 0 Å². The molecule has 0 unspecified atom stereocenters. The van der Waals surface area contributed by atoms with Gasteiger partial charge in [0.25, 0.3) is 5.91 Å². The van der Waals surface area contributed by atoms with E-state index in [1.807, 2.05) is 0 Å². The fraction of sp³-hybridized carbons (Fsp3) is 0.0769. The molecule has 0 fully saturated rings. The predicted octanol–water partition coefficient (Wildman–Crippen LogP) is 3.72. The fourth-order valence-electron chi connectivity index (χ4n) is 1.60. The molecule has 0 saturated heterocycles. The summed E-state index contributed by atoms with van der Waals surface area (Å²) in [6, 6.07) is 5.29. The third-order valence-corrected chi connectivity index (χ3v) is 3.44. The lowest BCUT2D eigenvalue weighted by atomic mass is 10.1. The number of hydrogen-bond acceptors (Lipinski definition) is 3. The fourth-order valence-corrected chi connectivity index (χ4v) is 2.22. The first-order valence-electron chi connectivity index (χ1n) is 5.58. The van der Waals surface area contributed by atoms with Crippen LogP contribution in [0.1, 0.15) is 25.6 Å². The first kappa shape index (κ1) is 15.0. The van der Waals surface area contributed by atoms with Crippen molar-refractivity contribution in [1.29, 1.82) is 0 Å². The SMILES string of the molecule is O=C(Nc1ccc(C(F)(F)F)cc1C(=O)O)c1cccs1. The van der Waals surface area contributed by atoms with Crippen LogP contribution in [-0.4, -0.2) is 17.0 Å². The van der Waals surface area contributed by atoms with Crippen molar-refractivity contribution < 1.29 is 27.9 Å². The molecule has 4 nitrogen and oxygen atoms in total. The minimum Gasteiger partial charge on any atom is -0.478 e. The lowest BCUT2D eigenvalue weighted by Gasteiger charge is -2.11. The molecule has 1 aromatic heterocycles. The number of anilines is 1. The average Bonchev–Trinajstić information content (AvgIpc) is 2.91. The van der Waals surface area contributed by atoms with Gasteiger partial charge in [-0.05, 0) is 29.6 Å². The van der Waals surface area contributed by atoms with E-state index in [0.717, 1.165) is 23.5 Å². The van der Waals surface area contributed by atoms with Gasteiger partial charge in [0.15, 0.2) is 0 Å². The van der Waals surface area contributed by atoms with Crippen molar-refractivity contribution in [2.45, 2.75) is 6.18 Å². The molecule has 0 aliphatic heterocycles. The normalized spacial score (nSPS) is 11.2. The Morgan fingerprint density at radius 1 is 1.19 bits per heavy atom. The maximum Gasteiger partial charge on any atom is 0.416 e. The smallest absolute Gasteiger partial charge is 0.416 e. The summed E-state index contributed by atoms with van der Waals surface area (Å²) in [5.41, 5.74) is -1.89. The number of carboxylic acid groups (broad SMARTS) is 1. The highest BCUT2D eigenvalue weighted by Gasteiger charge is 2.32. The number of alkyl halides is 3. The van der Waals surface area contributed by atoms with Gasteiger partial charge < -0.3 is 10.4 Å². The summed E-state index contributed by atoms with van der Waals surface area (Å²) in [6.45, 7) is 0. The van der Waals surface area contributed by atoms with Crippen LogP contribution in [0.3, 0.4) is 0 Å². The average molecular weight is 315 g/mol. The molecule has 8 heteroatoms. The van der Waals surface area contributed by atoms with E-state index in [4.69, 9.17) is 5.11 Å². The van der Waals surface area contributed by atoms with Crippen LogP contribution < -0.4 is 5.32 Å². The van der Waals surface area contributed by atoms with Gasteiger partial charge in [0.05, 0.1) is 21.7 Å². The zero-order valence-corrected chi connectivity index (χ0v) is 11.1. The van der Waals surface area contributed by atoms with Crippen LogP contribution >= 0.6 is 11.3 Å². The van der Waals surface area contributed by atoms with E-state index in [2.05, 4.69) is 5.32 Å². The molecule has 0 aliphatic carbocycles. The second-order valence-electron chi connectivity index (χ2n) is 3.99. The van der Waals surface area contributed by atoms with Crippen LogP contribution in [0, 0.1) is 0 Å². The van der Waals surface area contributed by atoms with Crippen LogP contribution in [-0.2, 0) is 6.18 Å². The van der Waals surface area contributed by atoms with E-state index < -0.39 is 29.2 Å². The first-order chi connectivity index (χ1) is 9.79. The van der Waals surface area contributed by atoms with Gasteiger partial charge in [0.1, 0.15) is 0 Å². The predicted molar refractivity (Wildman–Crippen MR) is 70.7 cm³/mol. The molecular weight excluding hydrogens is 307 g/mol. The number of aromatic carboxylic acids is 1. The van der Waals surface area contributed by atoms with Crippen molar-refractivity contribution in [3.63, 3.8) is 0 Å². The molecule has 110 valence electrons. The van der Waals surface area contributed by atoms with Crippen molar-refractivity contribution in [1.82, 2.24) is 0 Å². The van der Waals surface area contributed by atoms with E-state index in [1.54, 1.807) is 11.4 Å². The summed E-state index contributed by atoms with van der Waals surface area (Å²) in [6.07, 6.45) is -4.65. The summed E-state index contributed by atoms with van der Waals surface area (Å²) in [5.74, 6) is -2.13. The summed E-state index contributed by atoms with van der Waals surface area (Å²) in [4.78, 5) is 23.2. The molecule has 0 spiro atoms. The Bertz CT molecular complexity index is 680. The van der Waals surface area contributed by atoms with Crippen LogP contribution in [0.2, 0.25) is 0 Å². The van der Waals surface area contributed by atoms with Crippen LogP contribution in [0.4, 0.5) is 18.9 Å². The van der Waals surface area contributed by atoms with E-state index in [-0.39, 0.29) is 5.69 Å². The molecule has 0 bridgehead atoms. The molecule has 1 heterocycles. The van der Waals surface area contributed by atoms with Gasteiger partial charge in [-0.3, -0.25) is 4.79 Å². The van der Waals surface area contributed by atoms with Crippen molar-refractivity contribution in [2.24, 2.45) is 0 Å². The topological polar surface area (TPSA) is 66.4 Å². The second-order valence-corrected chi connectivity index (χ2v) is 4.94. The van der Waals surface area contributed by atoms with Gasteiger partial charge in [-0.2, -0.15) is 13.2 Å². The Balaban J connectivity index is 2.35. The number of carboxylic acids is 1. The number of benzene rings is 1. The maximum atomic E-state index is 12.6. The monoisotopic (exact) mass is 315 g/mol. The summed E-state index contributed by atoms with van der Waals surface area (Å²) >= 11 is 1.13. The minimum atomic E-state index is -4.65. The van der Waals surface area contributed by atoms with Crippen molar-refractivity contribution in [3.8, 4) is 0 Å². The first-order valence-corrected chi connectivity index (χ1v) is 6.46. The highest BCUT2D eigenvalue weighted by molar-refractivity contribution is 7.12. The molecule has 1 aromatic carbocycles. The minimum absolute atomic E-state index is 0.186. The highest BCUT2D eigenvalue weighted by Crippen LogP contribution is 2.32. The number of rotatable bonds is 3. The third kappa shape index (κ3) is 3.40. The number of amides is 1. The quantitative estimate of drug-likeness (QED) is 0.907. The molecule has 2 N–H and O–H groups in total. The third-order valence-electron chi connectivity index (χ3n) is 2.57. The van der Waals surface area contributed by atoms with Gasteiger partial charge in [-0.25, -0.2) is 4.79 Å². The molecule has 0 atom stereocenters. The zero-order valence-electron chi connectivity index (χ0n) is 10.3. The standard InChI is InChI=1S/C13H8F3NO3S/c14-13(15,16)7-3-4-9(8(6-7)12(19)20)17-11(18)10-2-1-5-21-10/h1-6H,(H,17,18)(H,19,20). The summed E-state index contributed by atoms with van der Waals surface area (Å²) in [7, 11) is 0. The summed E-state index contributed by atoms with van der Waals surface area (Å²) in [5, 5.41) is 12.9. The largest absolute Gasteiger partial charge is 0.478 e. The van der Waals surface area contributed by atoms with Crippen molar-refractivity contribution in [2.75, 3.05) is 5.32 Å². The molecule has 2 rings (SSSR count). The van der Waals surface area contributed by atoms with Gasteiger partial charge >= 0.3 is 12.1 Å². The molecule has 0 radical (unpaired) electrons. The number of hydrogen-bond donors (Lipinski definition) is 2. The molecule has 21 heavy (non-hydrogen) atoms. The molecular formula is C13H8F3NO3S. The van der Waals surface area contributed by atoms with E-state index in [1.165, 1.54) is 6.07 Å². The van der Waals surface area contributed by atoms with E-state index in [0.29, 0.717) is 10.9 Å². The number of carbonyl (C=O) groups is 2. The highest BCUT2D eigenvalue weighted by atomic mass is 32.1. The Morgan fingerprint density at radius 2 is 1.90 bits per heavy atom. The van der Waals surface area contributed by atoms with Crippen molar-refractivity contribution in [3.05, 3.63) is 51.7 Å².